The highest BCUT2D eigenvalue weighted by atomic mass is 32.2. The molecule has 55 heavy (non-hydrogen) atoms. The summed E-state index contributed by atoms with van der Waals surface area (Å²) in [5, 5.41) is 5.22. The zero-order chi connectivity index (χ0) is 38.7. The Morgan fingerprint density at radius 2 is 1.36 bits per heavy atom. The Bertz CT molecular complexity index is 2010. The maximum Gasteiger partial charge on any atom is 0.407 e. The Morgan fingerprint density at radius 3 is 1.91 bits per heavy atom. The largest absolute Gasteiger partial charge is 0.453 e. The summed E-state index contributed by atoms with van der Waals surface area (Å²) in [5.74, 6) is 3.14. The van der Waals surface area contributed by atoms with Crippen molar-refractivity contribution in [3.8, 4) is 33.6 Å². The number of hydrogen-bond donors (Lipinski definition) is 4. The molecule has 0 radical (unpaired) electrons. The minimum absolute atomic E-state index is 0.0735. The topological polar surface area (TPSA) is 175 Å². The van der Waals surface area contributed by atoms with Crippen LogP contribution in [0.2, 0.25) is 0 Å². The minimum atomic E-state index is -0.687. The standard InChI is InChI=1S/C39H46N8O6S2/c1-23(2)33(45-38(51)53-4)36(49)46-15-5-6-30(46)34-40-19-28(43-34)26-11-7-24(8-12-26)25-9-13-27(14-10-25)29-20-41-35(44-29)31-18-39(54-16-17-55-39)22-47(31)32(48)21-42-37(50)52-3/h7-14,19-20,23,30-31,33H,5-6,15-18,21-22H2,1-4H3,(H,40,43)(H,41,44)(H,42,50)(H,45,51)/t30-,31-,33-/m0/s1. The highest BCUT2D eigenvalue weighted by molar-refractivity contribution is 8.21. The number of nitrogens with zero attached hydrogens (tertiary/aromatic N) is 4. The van der Waals surface area contributed by atoms with Gasteiger partial charge >= 0.3 is 12.2 Å². The predicted octanol–water partition coefficient (Wildman–Crippen LogP) is 5.98. The number of carbonyl (C=O) groups excluding carboxylic acids is 4. The fourth-order valence-corrected chi connectivity index (χ4v) is 10.8. The van der Waals surface area contributed by atoms with Gasteiger partial charge in [0.05, 0.1) is 54.2 Å². The Morgan fingerprint density at radius 1 is 0.818 bits per heavy atom. The first-order chi connectivity index (χ1) is 26.6. The lowest BCUT2D eigenvalue weighted by Crippen LogP contribution is -2.51. The van der Waals surface area contributed by atoms with E-state index in [4.69, 9.17) is 9.72 Å². The lowest BCUT2D eigenvalue weighted by molar-refractivity contribution is -0.135. The van der Waals surface area contributed by atoms with E-state index in [-0.39, 0.29) is 40.4 Å². The Labute approximate surface area is 328 Å². The van der Waals surface area contributed by atoms with E-state index in [1.165, 1.54) is 14.2 Å². The van der Waals surface area contributed by atoms with E-state index in [1.807, 2.05) is 53.4 Å². The number of likely N-dealkylation sites (tertiary alicyclic amines) is 2. The molecule has 0 bridgehead atoms. The lowest BCUT2D eigenvalue weighted by Gasteiger charge is -2.30. The van der Waals surface area contributed by atoms with Crippen LogP contribution in [0.4, 0.5) is 9.59 Å². The van der Waals surface area contributed by atoms with E-state index in [0.717, 1.165) is 76.1 Å². The molecule has 2 aromatic carbocycles. The maximum atomic E-state index is 13.5. The summed E-state index contributed by atoms with van der Waals surface area (Å²) < 4.78 is 9.34. The number of aromatic nitrogens is 4. The molecule has 0 saturated carbocycles. The summed E-state index contributed by atoms with van der Waals surface area (Å²) in [6.07, 6.45) is 4.77. The van der Waals surface area contributed by atoms with Crippen LogP contribution < -0.4 is 10.6 Å². The number of ether oxygens (including phenoxy) is 2. The van der Waals surface area contributed by atoms with Crippen LogP contribution in [-0.2, 0) is 19.1 Å². The van der Waals surface area contributed by atoms with Crippen LogP contribution in [-0.4, -0.2) is 109 Å². The van der Waals surface area contributed by atoms with Crippen molar-refractivity contribution in [3.05, 3.63) is 72.6 Å². The average Bonchev–Trinajstić information content (AvgIpc) is 4.06. The fourth-order valence-electron chi connectivity index (χ4n) is 7.56. The Balaban J connectivity index is 1.01. The van der Waals surface area contributed by atoms with Gasteiger partial charge in [-0.3, -0.25) is 9.59 Å². The van der Waals surface area contributed by atoms with Gasteiger partial charge in [0.25, 0.3) is 0 Å². The molecule has 2 aromatic heterocycles. The summed E-state index contributed by atoms with van der Waals surface area (Å²) in [5.41, 5.74) is 5.79. The molecule has 16 heteroatoms. The zero-order valence-electron chi connectivity index (χ0n) is 31.3. The van der Waals surface area contributed by atoms with Gasteiger partial charge in [-0.15, -0.1) is 23.5 Å². The van der Waals surface area contributed by atoms with Crippen LogP contribution in [0.5, 0.6) is 0 Å². The number of thioether (sulfide) groups is 2. The third kappa shape index (κ3) is 8.20. The molecular weight excluding hydrogens is 741 g/mol. The molecule has 1 spiro atoms. The lowest BCUT2D eigenvalue weighted by atomic mass is 10.0. The number of aromatic amines is 2. The molecule has 14 nitrogen and oxygen atoms in total. The number of benzene rings is 2. The van der Waals surface area contributed by atoms with E-state index in [1.54, 1.807) is 6.20 Å². The average molecular weight is 787 g/mol. The van der Waals surface area contributed by atoms with Gasteiger partial charge in [0.15, 0.2) is 0 Å². The second kappa shape index (κ2) is 16.4. The minimum Gasteiger partial charge on any atom is -0.453 e. The smallest absolute Gasteiger partial charge is 0.407 e. The molecule has 290 valence electrons. The first kappa shape index (κ1) is 38.3. The highest BCUT2D eigenvalue weighted by Crippen LogP contribution is 2.55. The second-order valence-corrected chi connectivity index (χ2v) is 17.5. The van der Waals surface area contributed by atoms with E-state index in [2.05, 4.69) is 78.9 Å². The van der Waals surface area contributed by atoms with Gasteiger partial charge in [0.2, 0.25) is 11.8 Å². The Kier molecular flexibility index (Phi) is 11.4. The third-order valence-corrected chi connectivity index (χ3v) is 13.9. The molecule has 3 aliphatic rings. The molecule has 0 aliphatic carbocycles. The molecule has 3 fully saturated rings. The fraction of sp³-hybridized carbons (Fsp3) is 0.436. The number of nitrogens with one attached hydrogen (secondary N) is 4. The van der Waals surface area contributed by atoms with Crippen LogP contribution in [0.15, 0.2) is 60.9 Å². The van der Waals surface area contributed by atoms with Gasteiger partial charge in [-0.1, -0.05) is 62.4 Å². The predicted molar refractivity (Wildman–Crippen MR) is 212 cm³/mol. The normalized spacial score (nSPS) is 19.5. The van der Waals surface area contributed by atoms with Crippen LogP contribution in [0, 0.1) is 5.92 Å². The monoisotopic (exact) mass is 786 g/mol. The number of amides is 4. The SMILES string of the molecule is COC(=O)NCC(=O)N1CC2(C[C@H]1c1ncc(-c3ccc(-c4ccc(-c5cnc([C@@H]6CCCN6C(=O)[C@@H](NC(=O)OC)C(C)C)[nH]5)cc4)cc3)[nH]1)SCCS2. The van der Waals surface area contributed by atoms with E-state index in [9.17, 15) is 19.2 Å². The van der Waals surface area contributed by atoms with E-state index < -0.39 is 18.2 Å². The van der Waals surface area contributed by atoms with Gasteiger partial charge in [-0.05, 0) is 41.0 Å². The number of imidazole rings is 2. The van der Waals surface area contributed by atoms with Crippen molar-refractivity contribution >= 4 is 47.5 Å². The molecule has 4 N–H and O–H groups in total. The molecule has 3 saturated heterocycles. The number of hydrogen-bond acceptors (Lipinski definition) is 10. The first-order valence-corrected chi connectivity index (χ1v) is 20.4. The first-order valence-electron chi connectivity index (χ1n) is 18.4. The molecular formula is C39H46N8O6S2. The highest BCUT2D eigenvalue weighted by Gasteiger charge is 2.50. The molecule has 7 rings (SSSR count). The van der Waals surface area contributed by atoms with Crippen molar-refractivity contribution in [2.45, 2.75) is 55.3 Å². The molecule has 0 unspecified atom stereocenters. The van der Waals surface area contributed by atoms with Crippen molar-refractivity contribution in [3.63, 3.8) is 0 Å². The van der Waals surface area contributed by atoms with Crippen molar-refractivity contribution in [1.29, 1.82) is 0 Å². The number of rotatable bonds is 10. The van der Waals surface area contributed by atoms with Gasteiger partial charge in [0.1, 0.15) is 24.2 Å². The number of carbonyl (C=O) groups is 4. The van der Waals surface area contributed by atoms with E-state index in [0.29, 0.717) is 13.1 Å². The molecule has 5 heterocycles. The number of methoxy groups -OCH3 is 2. The summed E-state index contributed by atoms with van der Waals surface area (Å²) in [6.45, 7) is 4.86. The van der Waals surface area contributed by atoms with Crippen molar-refractivity contribution in [1.82, 2.24) is 40.4 Å². The van der Waals surface area contributed by atoms with Crippen molar-refractivity contribution < 1.29 is 28.7 Å². The molecule has 3 aliphatic heterocycles. The van der Waals surface area contributed by atoms with Crippen LogP contribution >= 0.6 is 23.5 Å². The van der Waals surface area contributed by atoms with Crippen molar-refractivity contribution in [2.75, 3.05) is 45.4 Å². The summed E-state index contributed by atoms with van der Waals surface area (Å²) in [6, 6.07) is 15.4. The summed E-state index contributed by atoms with van der Waals surface area (Å²) in [4.78, 5) is 70.4. The van der Waals surface area contributed by atoms with Crippen LogP contribution in [0.3, 0.4) is 0 Å². The molecule has 4 aromatic rings. The van der Waals surface area contributed by atoms with Crippen LogP contribution in [0.25, 0.3) is 33.6 Å². The maximum absolute atomic E-state index is 13.5. The third-order valence-electron chi connectivity index (χ3n) is 10.5. The van der Waals surface area contributed by atoms with Gasteiger partial charge in [-0.2, -0.15) is 0 Å². The molecule has 4 amide bonds. The second-order valence-electron chi connectivity index (χ2n) is 14.3. The zero-order valence-corrected chi connectivity index (χ0v) is 32.9. The quantitative estimate of drug-likeness (QED) is 0.150. The molecule has 3 atom stereocenters. The number of alkyl carbamates (subject to hydrolysis) is 2. The Hall–Kier alpha value is -4.96. The van der Waals surface area contributed by atoms with Gasteiger partial charge < -0.3 is 39.9 Å². The van der Waals surface area contributed by atoms with Gasteiger partial charge in [0, 0.05) is 31.0 Å². The summed E-state index contributed by atoms with van der Waals surface area (Å²) in [7, 11) is 2.57. The van der Waals surface area contributed by atoms with Crippen molar-refractivity contribution in [2.24, 2.45) is 5.92 Å². The number of H-pyrrole nitrogens is 2. The van der Waals surface area contributed by atoms with E-state index >= 15 is 0 Å². The van der Waals surface area contributed by atoms with Crippen LogP contribution in [0.1, 0.15) is 56.8 Å². The van der Waals surface area contributed by atoms with Gasteiger partial charge in [-0.25, -0.2) is 19.6 Å². The summed E-state index contributed by atoms with van der Waals surface area (Å²) >= 11 is 3.79.